The SMILES string of the molecule is CCn1cc(-c2ccnc(N)n2)c(-c2c(F)ccc(N(C)S(=O)(=O)c3cc(F)ccc3F)c2F)n1. The highest BCUT2D eigenvalue weighted by Crippen LogP contribution is 2.38. The van der Waals surface area contributed by atoms with Crippen molar-refractivity contribution in [2.45, 2.75) is 18.4 Å². The van der Waals surface area contributed by atoms with Crippen LogP contribution >= 0.6 is 0 Å². The summed E-state index contributed by atoms with van der Waals surface area (Å²) in [6.45, 7) is 2.11. The maximum Gasteiger partial charge on any atom is 0.267 e. The van der Waals surface area contributed by atoms with Gasteiger partial charge in [0, 0.05) is 31.5 Å². The zero-order valence-corrected chi connectivity index (χ0v) is 19.2. The molecular formula is C22H18F4N6O2S. The number of aryl methyl sites for hydroxylation is 1. The summed E-state index contributed by atoms with van der Waals surface area (Å²) in [5.41, 5.74) is 4.70. The highest BCUT2D eigenvalue weighted by Gasteiger charge is 2.30. The van der Waals surface area contributed by atoms with Gasteiger partial charge in [-0.2, -0.15) is 5.10 Å². The molecule has 0 aliphatic carbocycles. The molecule has 35 heavy (non-hydrogen) atoms. The van der Waals surface area contributed by atoms with Crippen LogP contribution in [0.5, 0.6) is 0 Å². The predicted molar refractivity (Wildman–Crippen MR) is 121 cm³/mol. The van der Waals surface area contributed by atoms with Crippen LogP contribution < -0.4 is 10.0 Å². The van der Waals surface area contributed by atoms with Crippen molar-refractivity contribution in [3.63, 3.8) is 0 Å². The topological polar surface area (TPSA) is 107 Å². The summed E-state index contributed by atoms with van der Waals surface area (Å²) in [7, 11) is -3.81. The second-order valence-electron chi connectivity index (χ2n) is 7.35. The Hall–Kier alpha value is -4.00. The minimum Gasteiger partial charge on any atom is -0.368 e. The molecule has 2 aromatic heterocycles. The van der Waals surface area contributed by atoms with Gasteiger partial charge in [0.05, 0.1) is 16.9 Å². The third kappa shape index (κ3) is 4.30. The number of nitrogens with zero attached hydrogens (tertiary/aromatic N) is 5. The molecule has 2 N–H and O–H groups in total. The first-order chi connectivity index (χ1) is 16.5. The zero-order valence-electron chi connectivity index (χ0n) is 18.4. The van der Waals surface area contributed by atoms with Crippen LogP contribution in [0.25, 0.3) is 22.5 Å². The van der Waals surface area contributed by atoms with Crippen molar-refractivity contribution >= 4 is 21.7 Å². The number of hydrogen-bond donors (Lipinski definition) is 1. The van der Waals surface area contributed by atoms with Crippen LogP contribution in [0.3, 0.4) is 0 Å². The molecule has 2 aromatic carbocycles. The number of nitrogens with two attached hydrogens (primary N) is 1. The van der Waals surface area contributed by atoms with E-state index in [4.69, 9.17) is 5.73 Å². The van der Waals surface area contributed by atoms with E-state index in [2.05, 4.69) is 15.1 Å². The van der Waals surface area contributed by atoms with Crippen molar-refractivity contribution in [2.24, 2.45) is 0 Å². The lowest BCUT2D eigenvalue weighted by molar-refractivity contribution is 0.550. The molecular weight excluding hydrogens is 488 g/mol. The monoisotopic (exact) mass is 506 g/mol. The van der Waals surface area contributed by atoms with E-state index in [1.165, 1.54) is 23.1 Å². The first-order valence-electron chi connectivity index (χ1n) is 10.1. The van der Waals surface area contributed by atoms with E-state index in [0.29, 0.717) is 23.0 Å². The van der Waals surface area contributed by atoms with Crippen molar-refractivity contribution < 1.29 is 26.0 Å². The van der Waals surface area contributed by atoms with Gasteiger partial charge in [-0.15, -0.1) is 0 Å². The van der Waals surface area contributed by atoms with Crippen molar-refractivity contribution in [1.82, 2.24) is 19.7 Å². The average Bonchev–Trinajstić information content (AvgIpc) is 3.24. The molecule has 13 heteroatoms. The molecule has 4 aromatic rings. The average molecular weight is 506 g/mol. The molecule has 0 radical (unpaired) electrons. The fourth-order valence-corrected chi connectivity index (χ4v) is 4.70. The maximum atomic E-state index is 15.8. The third-order valence-corrected chi connectivity index (χ3v) is 7.00. The van der Waals surface area contributed by atoms with Crippen LogP contribution in [0.4, 0.5) is 29.2 Å². The summed E-state index contributed by atoms with van der Waals surface area (Å²) in [4.78, 5) is 6.87. The molecule has 0 saturated heterocycles. The Morgan fingerprint density at radius 1 is 1.06 bits per heavy atom. The van der Waals surface area contributed by atoms with E-state index in [1.807, 2.05) is 0 Å². The largest absolute Gasteiger partial charge is 0.368 e. The number of hydrogen-bond acceptors (Lipinski definition) is 6. The zero-order chi connectivity index (χ0) is 25.5. The van der Waals surface area contributed by atoms with Crippen molar-refractivity contribution in [3.8, 4) is 22.5 Å². The Morgan fingerprint density at radius 3 is 2.46 bits per heavy atom. The van der Waals surface area contributed by atoms with E-state index < -0.39 is 49.4 Å². The molecule has 2 heterocycles. The molecule has 0 atom stereocenters. The molecule has 0 fully saturated rings. The summed E-state index contributed by atoms with van der Waals surface area (Å²) >= 11 is 0. The van der Waals surface area contributed by atoms with Crippen LogP contribution in [-0.4, -0.2) is 35.2 Å². The van der Waals surface area contributed by atoms with Crippen LogP contribution in [0.2, 0.25) is 0 Å². The van der Waals surface area contributed by atoms with Crippen LogP contribution in [-0.2, 0) is 16.6 Å². The molecule has 0 saturated carbocycles. The van der Waals surface area contributed by atoms with Crippen molar-refractivity contribution in [1.29, 1.82) is 0 Å². The fraction of sp³-hybridized carbons (Fsp3) is 0.136. The lowest BCUT2D eigenvalue weighted by atomic mass is 10.0. The minimum atomic E-state index is -4.75. The first kappa shape index (κ1) is 24.1. The maximum absolute atomic E-state index is 15.8. The second kappa shape index (κ2) is 8.98. The predicted octanol–water partition coefficient (Wildman–Crippen LogP) is 3.99. The van der Waals surface area contributed by atoms with Gasteiger partial charge in [-0.1, -0.05) is 0 Å². The highest BCUT2D eigenvalue weighted by atomic mass is 32.2. The molecule has 0 unspecified atom stereocenters. The Kier molecular flexibility index (Phi) is 6.19. The normalized spacial score (nSPS) is 11.6. The molecule has 8 nitrogen and oxygen atoms in total. The van der Waals surface area contributed by atoms with Crippen LogP contribution in [0.15, 0.2) is 53.7 Å². The molecule has 0 amide bonds. The van der Waals surface area contributed by atoms with Crippen molar-refractivity contribution in [3.05, 3.63) is 72.1 Å². The highest BCUT2D eigenvalue weighted by molar-refractivity contribution is 7.92. The van der Waals surface area contributed by atoms with E-state index in [0.717, 1.165) is 25.2 Å². The van der Waals surface area contributed by atoms with Gasteiger partial charge in [0.25, 0.3) is 10.0 Å². The summed E-state index contributed by atoms with van der Waals surface area (Å²) in [6, 6.07) is 5.06. The molecule has 0 spiro atoms. The summed E-state index contributed by atoms with van der Waals surface area (Å²) in [6.07, 6.45) is 2.87. The number of nitrogen functional groups attached to an aromatic ring is 1. The number of sulfonamides is 1. The first-order valence-corrected chi connectivity index (χ1v) is 11.6. The lowest BCUT2D eigenvalue weighted by Gasteiger charge is -2.21. The summed E-state index contributed by atoms with van der Waals surface area (Å²) in [5, 5.41) is 4.23. The van der Waals surface area contributed by atoms with Crippen molar-refractivity contribution in [2.75, 3.05) is 17.1 Å². The fourth-order valence-electron chi connectivity index (χ4n) is 3.43. The number of anilines is 2. The van der Waals surface area contributed by atoms with Gasteiger partial charge >= 0.3 is 0 Å². The van der Waals surface area contributed by atoms with Gasteiger partial charge in [0.2, 0.25) is 5.95 Å². The number of benzene rings is 2. The minimum absolute atomic E-state index is 0.0738. The number of aromatic nitrogens is 4. The van der Waals surface area contributed by atoms with Gasteiger partial charge in [-0.05, 0) is 43.3 Å². The number of rotatable bonds is 6. The number of halogens is 4. The lowest BCUT2D eigenvalue weighted by Crippen LogP contribution is -2.28. The van der Waals surface area contributed by atoms with Gasteiger partial charge < -0.3 is 5.73 Å². The Bertz CT molecular complexity index is 1540. The molecule has 4 rings (SSSR count). The Labute approximate surface area is 197 Å². The van der Waals surface area contributed by atoms with Crippen LogP contribution in [0.1, 0.15) is 6.92 Å². The molecule has 0 aliphatic rings. The Balaban J connectivity index is 1.90. The van der Waals surface area contributed by atoms with E-state index >= 15 is 4.39 Å². The van der Waals surface area contributed by atoms with Crippen LogP contribution in [0, 0.1) is 23.3 Å². The molecule has 182 valence electrons. The van der Waals surface area contributed by atoms with Gasteiger partial charge in [-0.25, -0.2) is 35.9 Å². The molecule has 0 bridgehead atoms. The van der Waals surface area contributed by atoms with E-state index in [1.54, 1.807) is 6.92 Å². The quantitative estimate of drug-likeness (QED) is 0.397. The standard InChI is InChI=1S/C22H18F4N6O2S/c1-3-32-11-13(16-8-9-28-22(27)29-16)21(30-32)19-15(25)6-7-17(20(19)26)31(2)35(33,34)18-10-12(23)4-5-14(18)24/h4-11H,3H2,1-2H3,(H2,27,28,29). The van der Waals surface area contributed by atoms with Gasteiger partial charge in [0.1, 0.15) is 28.0 Å². The Morgan fingerprint density at radius 2 is 1.77 bits per heavy atom. The van der Waals surface area contributed by atoms with E-state index in [-0.39, 0.29) is 22.9 Å². The van der Waals surface area contributed by atoms with Gasteiger partial charge in [0.15, 0.2) is 5.82 Å². The summed E-state index contributed by atoms with van der Waals surface area (Å²) < 4.78 is 86.3. The molecule has 0 aliphatic heterocycles. The van der Waals surface area contributed by atoms with Gasteiger partial charge in [-0.3, -0.25) is 8.99 Å². The second-order valence-corrected chi connectivity index (χ2v) is 9.29. The third-order valence-electron chi connectivity index (χ3n) is 5.21. The summed E-state index contributed by atoms with van der Waals surface area (Å²) in [5.74, 6) is -4.62. The van der Waals surface area contributed by atoms with E-state index in [9.17, 15) is 21.6 Å². The smallest absolute Gasteiger partial charge is 0.267 e.